The third-order valence-electron chi connectivity index (χ3n) is 3.43. The average molecular weight is 264 g/mol. The zero-order valence-electron chi connectivity index (χ0n) is 12.7. The number of para-hydroxylation sites is 1. The summed E-state index contributed by atoms with van der Waals surface area (Å²) in [5, 5.41) is 9.83. The fourth-order valence-corrected chi connectivity index (χ4v) is 2.78. The molecule has 0 aliphatic heterocycles. The SMILES string of the molecule is CC(C)(C)C(Oc1ccccc1)(C(=O)O)C(C)(C)C. The lowest BCUT2D eigenvalue weighted by Gasteiger charge is -2.49. The molecular weight excluding hydrogens is 240 g/mol. The van der Waals surface area contributed by atoms with E-state index in [0.29, 0.717) is 5.75 Å². The molecule has 1 aromatic carbocycles. The Morgan fingerprint density at radius 1 is 0.947 bits per heavy atom. The largest absolute Gasteiger partial charge is 0.478 e. The van der Waals surface area contributed by atoms with Crippen LogP contribution in [0.3, 0.4) is 0 Å². The van der Waals surface area contributed by atoms with Crippen molar-refractivity contribution in [1.82, 2.24) is 0 Å². The smallest absolute Gasteiger partial charge is 0.349 e. The molecule has 0 amide bonds. The van der Waals surface area contributed by atoms with Crippen molar-refractivity contribution in [1.29, 1.82) is 0 Å². The van der Waals surface area contributed by atoms with Gasteiger partial charge < -0.3 is 9.84 Å². The normalized spacial score (nSPS) is 13.2. The van der Waals surface area contributed by atoms with Crippen molar-refractivity contribution in [2.24, 2.45) is 10.8 Å². The summed E-state index contributed by atoms with van der Waals surface area (Å²) in [6.07, 6.45) is 0. The highest BCUT2D eigenvalue weighted by Gasteiger charge is 2.59. The molecule has 0 spiro atoms. The van der Waals surface area contributed by atoms with Crippen LogP contribution in [-0.2, 0) is 4.79 Å². The topological polar surface area (TPSA) is 46.5 Å². The summed E-state index contributed by atoms with van der Waals surface area (Å²) in [6.45, 7) is 11.4. The van der Waals surface area contributed by atoms with Crippen LogP contribution in [0.2, 0.25) is 0 Å². The van der Waals surface area contributed by atoms with E-state index >= 15 is 0 Å². The maximum absolute atomic E-state index is 12.0. The molecule has 1 rings (SSSR count). The van der Waals surface area contributed by atoms with E-state index in [1.165, 1.54) is 0 Å². The first-order chi connectivity index (χ1) is 8.52. The molecule has 1 aromatic rings. The van der Waals surface area contributed by atoms with Crippen molar-refractivity contribution in [3.05, 3.63) is 30.3 Å². The highest BCUT2D eigenvalue weighted by Crippen LogP contribution is 2.47. The van der Waals surface area contributed by atoms with E-state index in [4.69, 9.17) is 4.74 Å². The van der Waals surface area contributed by atoms with Crippen molar-refractivity contribution >= 4 is 5.97 Å². The molecule has 0 aliphatic rings. The van der Waals surface area contributed by atoms with Crippen molar-refractivity contribution in [2.45, 2.75) is 47.1 Å². The Bertz CT molecular complexity index is 421. The number of carboxylic acid groups (broad SMARTS) is 1. The maximum atomic E-state index is 12.0. The van der Waals surface area contributed by atoms with Gasteiger partial charge in [-0.25, -0.2) is 4.79 Å². The molecule has 0 fully saturated rings. The summed E-state index contributed by atoms with van der Waals surface area (Å²) in [7, 11) is 0. The highest BCUT2D eigenvalue weighted by atomic mass is 16.5. The molecule has 1 N–H and O–H groups in total. The van der Waals surface area contributed by atoms with Gasteiger partial charge in [0, 0.05) is 10.8 Å². The van der Waals surface area contributed by atoms with Crippen LogP contribution in [0.4, 0.5) is 0 Å². The summed E-state index contributed by atoms with van der Waals surface area (Å²) < 4.78 is 5.99. The minimum atomic E-state index is -1.30. The number of ether oxygens (including phenoxy) is 1. The molecule has 0 aromatic heterocycles. The Morgan fingerprint density at radius 2 is 1.37 bits per heavy atom. The number of hydrogen-bond donors (Lipinski definition) is 1. The number of carboxylic acids is 1. The van der Waals surface area contributed by atoms with E-state index in [9.17, 15) is 9.90 Å². The van der Waals surface area contributed by atoms with Crippen LogP contribution in [-0.4, -0.2) is 16.7 Å². The third-order valence-corrected chi connectivity index (χ3v) is 3.43. The van der Waals surface area contributed by atoms with E-state index in [0.717, 1.165) is 0 Å². The molecule has 106 valence electrons. The molecule has 0 heterocycles. The van der Waals surface area contributed by atoms with Gasteiger partial charge in [-0.3, -0.25) is 0 Å². The van der Waals surface area contributed by atoms with Crippen LogP contribution in [0.1, 0.15) is 41.5 Å². The monoisotopic (exact) mass is 264 g/mol. The number of benzene rings is 1. The molecule has 19 heavy (non-hydrogen) atoms. The maximum Gasteiger partial charge on any atom is 0.349 e. The van der Waals surface area contributed by atoms with E-state index in [1.54, 1.807) is 12.1 Å². The second-order valence-corrected chi connectivity index (χ2v) is 6.90. The average Bonchev–Trinajstić information content (AvgIpc) is 2.23. The Hall–Kier alpha value is -1.51. The van der Waals surface area contributed by atoms with Crippen molar-refractivity contribution < 1.29 is 14.6 Å². The molecule has 3 heteroatoms. The Kier molecular flexibility index (Phi) is 3.99. The van der Waals surface area contributed by atoms with E-state index < -0.39 is 22.4 Å². The van der Waals surface area contributed by atoms with E-state index in [2.05, 4.69) is 0 Å². The van der Waals surface area contributed by atoms with Crippen LogP contribution in [0.15, 0.2) is 30.3 Å². The zero-order valence-corrected chi connectivity index (χ0v) is 12.7. The quantitative estimate of drug-likeness (QED) is 0.898. The van der Waals surface area contributed by atoms with Crippen LogP contribution in [0.5, 0.6) is 5.75 Å². The van der Waals surface area contributed by atoms with Gasteiger partial charge in [0.25, 0.3) is 0 Å². The lowest BCUT2D eigenvalue weighted by Crippen LogP contribution is -2.63. The summed E-state index contributed by atoms with van der Waals surface area (Å²) in [6, 6.07) is 9.13. The Morgan fingerprint density at radius 3 is 1.68 bits per heavy atom. The lowest BCUT2D eigenvalue weighted by atomic mass is 9.62. The standard InChI is InChI=1S/C16H24O3/c1-14(2,3)16(13(17)18,15(4,5)6)19-12-10-8-7-9-11-12/h7-11H,1-6H3,(H,17,18). The minimum Gasteiger partial charge on any atom is -0.478 e. The predicted molar refractivity (Wildman–Crippen MR) is 76.3 cm³/mol. The van der Waals surface area contributed by atoms with Crippen LogP contribution >= 0.6 is 0 Å². The molecular formula is C16H24O3. The first-order valence-electron chi connectivity index (χ1n) is 6.50. The first-order valence-corrected chi connectivity index (χ1v) is 6.50. The van der Waals surface area contributed by atoms with Crippen LogP contribution < -0.4 is 4.74 Å². The summed E-state index contributed by atoms with van der Waals surface area (Å²) >= 11 is 0. The molecule has 0 radical (unpaired) electrons. The van der Waals surface area contributed by atoms with Crippen LogP contribution in [0, 0.1) is 10.8 Å². The van der Waals surface area contributed by atoms with Gasteiger partial charge >= 0.3 is 5.97 Å². The van der Waals surface area contributed by atoms with Gasteiger partial charge in [0.2, 0.25) is 5.60 Å². The van der Waals surface area contributed by atoms with Gasteiger partial charge in [-0.05, 0) is 12.1 Å². The number of hydrogen-bond acceptors (Lipinski definition) is 2. The highest BCUT2D eigenvalue weighted by molar-refractivity contribution is 5.80. The van der Waals surface area contributed by atoms with Crippen molar-refractivity contribution in [3.63, 3.8) is 0 Å². The summed E-state index contributed by atoms with van der Waals surface area (Å²) in [5.41, 5.74) is -2.40. The Balaban J connectivity index is 3.38. The van der Waals surface area contributed by atoms with Gasteiger partial charge in [0.15, 0.2) is 0 Å². The fraction of sp³-hybridized carbons (Fsp3) is 0.562. The summed E-state index contributed by atoms with van der Waals surface area (Å²) in [5.74, 6) is -0.355. The van der Waals surface area contributed by atoms with Gasteiger partial charge in [0.05, 0.1) is 0 Å². The molecule has 0 atom stereocenters. The molecule has 0 saturated heterocycles. The third kappa shape index (κ3) is 2.75. The van der Waals surface area contributed by atoms with Crippen molar-refractivity contribution in [2.75, 3.05) is 0 Å². The zero-order chi connectivity index (χ0) is 14.9. The van der Waals surface area contributed by atoms with Gasteiger partial charge in [0.1, 0.15) is 5.75 Å². The molecule has 0 aliphatic carbocycles. The number of aliphatic carboxylic acids is 1. The second-order valence-electron chi connectivity index (χ2n) is 6.90. The molecule has 0 unspecified atom stereocenters. The van der Waals surface area contributed by atoms with Gasteiger partial charge in [-0.15, -0.1) is 0 Å². The molecule has 0 saturated carbocycles. The number of rotatable bonds is 3. The van der Waals surface area contributed by atoms with E-state index in [-0.39, 0.29) is 0 Å². The van der Waals surface area contributed by atoms with Gasteiger partial charge in [-0.1, -0.05) is 59.7 Å². The first kappa shape index (κ1) is 15.5. The summed E-state index contributed by atoms with van der Waals surface area (Å²) in [4.78, 5) is 12.0. The van der Waals surface area contributed by atoms with Crippen molar-refractivity contribution in [3.8, 4) is 5.75 Å². The second kappa shape index (κ2) is 4.87. The lowest BCUT2D eigenvalue weighted by molar-refractivity contribution is -0.184. The minimum absolute atomic E-state index is 0.549. The Labute approximate surface area is 115 Å². The fourth-order valence-electron chi connectivity index (χ4n) is 2.78. The number of carbonyl (C=O) groups is 1. The van der Waals surface area contributed by atoms with Gasteiger partial charge in [-0.2, -0.15) is 0 Å². The molecule has 3 nitrogen and oxygen atoms in total. The predicted octanol–water partition coefficient (Wildman–Crippen LogP) is 3.98. The molecule has 0 bridgehead atoms. The van der Waals surface area contributed by atoms with Crippen LogP contribution in [0.25, 0.3) is 0 Å². The van der Waals surface area contributed by atoms with E-state index in [1.807, 2.05) is 59.7 Å².